The molecule has 0 radical (unpaired) electrons. The molecule has 20 heavy (non-hydrogen) atoms. The molecule has 1 rings (SSSR count). The van der Waals surface area contributed by atoms with Crippen LogP contribution in [-0.2, 0) is 0 Å². The van der Waals surface area contributed by atoms with E-state index in [0.29, 0.717) is 12.1 Å². The summed E-state index contributed by atoms with van der Waals surface area (Å²) in [6.45, 7) is 14.5. The Bertz CT molecular complexity index is 358. The normalized spacial score (nSPS) is 14.5. The molecule has 1 aromatic carbocycles. The van der Waals surface area contributed by atoms with Crippen molar-refractivity contribution in [2.75, 3.05) is 19.6 Å². The van der Waals surface area contributed by atoms with Crippen LogP contribution in [0.3, 0.4) is 0 Å². The molecule has 0 aliphatic heterocycles. The smallest absolute Gasteiger partial charge is 0.0332 e. The van der Waals surface area contributed by atoms with Crippen molar-refractivity contribution in [3.8, 4) is 0 Å². The van der Waals surface area contributed by atoms with Crippen LogP contribution in [0.4, 0.5) is 0 Å². The lowest BCUT2D eigenvalue weighted by Crippen LogP contribution is -2.35. The van der Waals surface area contributed by atoms with Gasteiger partial charge in [-0.25, -0.2) is 0 Å². The number of rotatable bonds is 9. The quantitative estimate of drug-likeness (QED) is 0.728. The molecule has 0 fully saturated rings. The SMILES string of the molecule is CCNC(CCN(CC)C(C)CC)c1ccc(C)cc1. The van der Waals surface area contributed by atoms with Gasteiger partial charge in [-0.3, -0.25) is 0 Å². The highest BCUT2D eigenvalue weighted by molar-refractivity contribution is 5.24. The van der Waals surface area contributed by atoms with Crippen LogP contribution in [0.1, 0.15) is 57.7 Å². The number of nitrogens with zero attached hydrogens (tertiary/aromatic N) is 1. The maximum atomic E-state index is 3.63. The van der Waals surface area contributed by atoms with Crippen molar-refractivity contribution in [3.05, 3.63) is 35.4 Å². The van der Waals surface area contributed by atoms with E-state index >= 15 is 0 Å². The van der Waals surface area contributed by atoms with Crippen LogP contribution in [0.2, 0.25) is 0 Å². The zero-order chi connectivity index (χ0) is 15.0. The first-order chi connectivity index (χ1) is 9.62. The van der Waals surface area contributed by atoms with Gasteiger partial charge in [0.25, 0.3) is 0 Å². The first-order valence-electron chi connectivity index (χ1n) is 8.16. The Morgan fingerprint density at radius 3 is 2.25 bits per heavy atom. The molecule has 0 aliphatic rings. The van der Waals surface area contributed by atoms with Gasteiger partial charge in [0, 0.05) is 18.6 Å². The van der Waals surface area contributed by atoms with Gasteiger partial charge in [-0.2, -0.15) is 0 Å². The van der Waals surface area contributed by atoms with Crippen LogP contribution in [0.25, 0.3) is 0 Å². The highest BCUT2D eigenvalue weighted by Gasteiger charge is 2.14. The number of benzene rings is 1. The summed E-state index contributed by atoms with van der Waals surface area (Å²) in [4.78, 5) is 2.58. The molecule has 2 unspecified atom stereocenters. The van der Waals surface area contributed by atoms with Crippen molar-refractivity contribution < 1.29 is 0 Å². The molecule has 0 heterocycles. The maximum Gasteiger partial charge on any atom is 0.0332 e. The summed E-state index contributed by atoms with van der Waals surface area (Å²) in [7, 11) is 0. The molecule has 0 aromatic heterocycles. The van der Waals surface area contributed by atoms with Gasteiger partial charge in [0.2, 0.25) is 0 Å². The van der Waals surface area contributed by atoms with Crippen molar-refractivity contribution in [2.45, 2.75) is 59.5 Å². The molecule has 0 saturated heterocycles. The Labute approximate surface area is 125 Å². The zero-order valence-electron chi connectivity index (χ0n) is 13.9. The van der Waals surface area contributed by atoms with Crippen molar-refractivity contribution in [1.82, 2.24) is 10.2 Å². The van der Waals surface area contributed by atoms with Gasteiger partial charge in [0.05, 0.1) is 0 Å². The topological polar surface area (TPSA) is 15.3 Å². The third kappa shape index (κ3) is 5.26. The van der Waals surface area contributed by atoms with E-state index < -0.39 is 0 Å². The summed E-state index contributed by atoms with van der Waals surface area (Å²) in [5.41, 5.74) is 2.75. The van der Waals surface area contributed by atoms with Gasteiger partial charge in [-0.05, 0) is 45.3 Å². The minimum Gasteiger partial charge on any atom is -0.310 e. The van der Waals surface area contributed by atoms with Gasteiger partial charge >= 0.3 is 0 Å². The summed E-state index contributed by atoms with van der Waals surface area (Å²) in [5, 5.41) is 3.63. The minimum atomic E-state index is 0.471. The van der Waals surface area contributed by atoms with Crippen LogP contribution in [0.15, 0.2) is 24.3 Å². The van der Waals surface area contributed by atoms with Crippen LogP contribution in [-0.4, -0.2) is 30.6 Å². The molecule has 0 bridgehead atoms. The Balaban J connectivity index is 2.65. The molecular formula is C18H32N2. The Morgan fingerprint density at radius 1 is 1.10 bits per heavy atom. The number of hydrogen-bond donors (Lipinski definition) is 1. The monoisotopic (exact) mass is 276 g/mol. The Morgan fingerprint density at radius 2 is 1.75 bits per heavy atom. The van der Waals surface area contributed by atoms with Crippen molar-refractivity contribution in [3.63, 3.8) is 0 Å². The second-order valence-corrected chi connectivity index (χ2v) is 5.70. The molecule has 114 valence electrons. The molecule has 1 aromatic rings. The van der Waals surface area contributed by atoms with E-state index in [9.17, 15) is 0 Å². The average molecular weight is 276 g/mol. The second kappa shape index (κ2) is 9.15. The van der Waals surface area contributed by atoms with E-state index in [2.05, 4.69) is 69.1 Å². The summed E-state index contributed by atoms with van der Waals surface area (Å²) >= 11 is 0. The van der Waals surface area contributed by atoms with Crippen molar-refractivity contribution in [1.29, 1.82) is 0 Å². The summed E-state index contributed by atoms with van der Waals surface area (Å²) in [6.07, 6.45) is 2.40. The molecule has 2 heteroatoms. The standard InChI is InChI=1S/C18H32N2/c1-6-16(5)20(8-3)14-13-18(19-7-2)17-11-9-15(4)10-12-17/h9-12,16,18-19H,6-8,13-14H2,1-5H3. The number of hydrogen-bond acceptors (Lipinski definition) is 2. The van der Waals surface area contributed by atoms with Gasteiger partial charge in [0.1, 0.15) is 0 Å². The summed E-state index contributed by atoms with van der Waals surface area (Å²) < 4.78 is 0. The number of aryl methyl sites for hydroxylation is 1. The molecule has 0 amide bonds. The third-order valence-electron chi connectivity index (χ3n) is 4.26. The van der Waals surface area contributed by atoms with Crippen LogP contribution >= 0.6 is 0 Å². The lowest BCUT2D eigenvalue weighted by atomic mass is 10.0. The first-order valence-corrected chi connectivity index (χ1v) is 8.16. The van der Waals surface area contributed by atoms with Gasteiger partial charge in [0.15, 0.2) is 0 Å². The fourth-order valence-electron chi connectivity index (χ4n) is 2.68. The van der Waals surface area contributed by atoms with Crippen LogP contribution < -0.4 is 5.32 Å². The van der Waals surface area contributed by atoms with E-state index in [1.165, 1.54) is 24.0 Å². The van der Waals surface area contributed by atoms with Crippen molar-refractivity contribution in [2.24, 2.45) is 0 Å². The number of nitrogens with one attached hydrogen (secondary N) is 1. The van der Waals surface area contributed by atoms with Gasteiger partial charge in [-0.1, -0.05) is 50.6 Å². The van der Waals surface area contributed by atoms with E-state index in [0.717, 1.165) is 19.6 Å². The zero-order valence-corrected chi connectivity index (χ0v) is 13.9. The molecule has 2 atom stereocenters. The summed E-state index contributed by atoms with van der Waals surface area (Å²) in [6, 6.07) is 10.1. The lowest BCUT2D eigenvalue weighted by Gasteiger charge is -2.29. The fourth-order valence-corrected chi connectivity index (χ4v) is 2.68. The predicted octanol–water partition coefficient (Wildman–Crippen LogP) is 4.16. The van der Waals surface area contributed by atoms with E-state index in [-0.39, 0.29) is 0 Å². The average Bonchev–Trinajstić information content (AvgIpc) is 2.47. The molecule has 1 N–H and O–H groups in total. The third-order valence-corrected chi connectivity index (χ3v) is 4.26. The fraction of sp³-hybridized carbons (Fsp3) is 0.667. The van der Waals surface area contributed by atoms with Gasteiger partial charge < -0.3 is 10.2 Å². The minimum absolute atomic E-state index is 0.471. The highest BCUT2D eigenvalue weighted by atomic mass is 15.1. The largest absolute Gasteiger partial charge is 0.310 e. The van der Waals surface area contributed by atoms with E-state index in [1.807, 2.05) is 0 Å². The lowest BCUT2D eigenvalue weighted by molar-refractivity contribution is 0.203. The Hall–Kier alpha value is -0.860. The molecular weight excluding hydrogens is 244 g/mol. The Kier molecular flexibility index (Phi) is 7.86. The van der Waals surface area contributed by atoms with Crippen molar-refractivity contribution >= 4 is 0 Å². The maximum absolute atomic E-state index is 3.63. The van der Waals surface area contributed by atoms with Crippen LogP contribution in [0, 0.1) is 6.92 Å². The van der Waals surface area contributed by atoms with E-state index in [1.54, 1.807) is 0 Å². The van der Waals surface area contributed by atoms with Gasteiger partial charge in [-0.15, -0.1) is 0 Å². The first kappa shape index (κ1) is 17.2. The highest BCUT2D eigenvalue weighted by Crippen LogP contribution is 2.19. The van der Waals surface area contributed by atoms with Crippen LogP contribution in [0.5, 0.6) is 0 Å². The summed E-state index contributed by atoms with van der Waals surface area (Å²) in [5.74, 6) is 0. The van der Waals surface area contributed by atoms with E-state index in [4.69, 9.17) is 0 Å². The molecule has 0 aliphatic carbocycles. The molecule has 0 saturated carbocycles. The predicted molar refractivity (Wildman–Crippen MR) is 89.2 cm³/mol. The second-order valence-electron chi connectivity index (χ2n) is 5.70. The molecule has 2 nitrogen and oxygen atoms in total. The molecule has 0 spiro atoms.